The molecular formula is C23H29FN4O2. The number of nitrogens with one attached hydrogen (secondary N) is 3. The van der Waals surface area contributed by atoms with Crippen LogP contribution in [0.1, 0.15) is 30.9 Å². The maximum Gasteiger partial charge on any atom is 0.258 e. The number of amides is 1. The predicted molar refractivity (Wildman–Crippen MR) is 116 cm³/mol. The van der Waals surface area contributed by atoms with Crippen LogP contribution in [0.5, 0.6) is 5.75 Å². The van der Waals surface area contributed by atoms with E-state index in [9.17, 15) is 9.18 Å². The average molecular weight is 413 g/mol. The van der Waals surface area contributed by atoms with Gasteiger partial charge < -0.3 is 20.7 Å². The van der Waals surface area contributed by atoms with Crippen molar-refractivity contribution in [2.45, 2.75) is 38.8 Å². The van der Waals surface area contributed by atoms with Gasteiger partial charge in [-0.1, -0.05) is 24.3 Å². The molecule has 0 atom stereocenters. The number of guanidine groups is 1. The van der Waals surface area contributed by atoms with Gasteiger partial charge in [-0.25, -0.2) is 9.38 Å². The first-order valence-corrected chi connectivity index (χ1v) is 10.4. The Kier molecular flexibility index (Phi) is 8.06. The zero-order chi connectivity index (χ0) is 21.2. The molecular weight excluding hydrogens is 383 g/mol. The van der Waals surface area contributed by atoms with Gasteiger partial charge >= 0.3 is 0 Å². The number of rotatable bonds is 10. The van der Waals surface area contributed by atoms with Crippen LogP contribution in [0.15, 0.2) is 53.5 Å². The first-order chi connectivity index (χ1) is 14.6. The number of hydrogen-bond donors (Lipinski definition) is 3. The van der Waals surface area contributed by atoms with Crippen LogP contribution >= 0.6 is 0 Å². The molecule has 1 aliphatic rings. The van der Waals surface area contributed by atoms with Crippen molar-refractivity contribution in [1.82, 2.24) is 16.0 Å². The average Bonchev–Trinajstić information content (AvgIpc) is 3.55. The Hall–Kier alpha value is -3.09. The highest BCUT2D eigenvalue weighted by Gasteiger charge is 2.23. The molecule has 7 heteroatoms. The molecule has 0 unspecified atom stereocenters. The maximum atomic E-state index is 13.3. The Balaban J connectivity index is 1.48. The third-order valence-electron chi connectivity index (χ3n) is 4.57. The van der Waals surface area contributed by atoms with E-state index in [0.29, 0.717) is 37.3 Å². The lowest BCUT2D eigenvalue weighted by molar-refractivity contribution is -0.123. The molecule has 1 saturated carbocycles. The zero-order valence-corrected chi connectivity index (χ0v) is 17.3. The molecule has 1 amide bonds. The minimum Gasteiger partial charge on any atom is -0.484 e. The van der Waals surface area contributed by atoms with Crippen LogP contribution in [-0.2, 0) is 17.8 Å². The summed E-state index contributed by atoms with van der Waals surface area (Å²) in [5, 5.41) is 9.38. The van der Waals surface area contributed by atoms with Gasteiger partial charge in [0.25, 0.3) is 5.91 Å². The van der Waals surface area contributed by atoms with E-state index in [4.69, 9.17) is 4.74 Å². The first-order valence-electron chi connectivity index (χ1n) is 10.4. The molecule has 0 aromatic heterocycles. The summed E-state index contributed by atoms with van der Waals surface area (Å²) in [4.78, 5) is 16.4. The molecule has 0 bridgehead atoms. The van der Waals surface area contributed by atoms with Gasteiger partial charge in [-0.15, -0.1) is 0 Å². The molecule has 1 aliphatic carbocycles. The number of carbonyl (C=O) groups is 1. The zero-order valence-electron chi connectivity index (χ0n) is 17.3. The molecule has 0 saturated heterocycles. The fourth-order valence-electron chi connectivity index (χ4n) is 2.91. The van der Waals surface area contributed by atoms with Gasteiger partial charge in [-0.2, -0.15) is 0 Å². The Bertz CT molecular complexity index is 868. The third kappa shape index (κ3) is 7.73. The monoisotopic (exact) mass is 412 g/mol. The van der Waals surface area contributed by atoms with E-state index >= 15 is 0 Å². The highest BCUT2D eigenvalue weighted by atomic mass is 19.1. The van der Waals surface area contributed by atoms with Crippen LogP contribution in [0, 0.1) is 5.82 Å². The summed E-state index contributed by atoms with van der Waals surface area (Å²) in [6.07, 6.45) is 2.82. The number of carbonyl (C=O) groups excluding carboxylic acids is 1. The minimum absolute atomic E-state index is 0.0213. The predicted octanol–water partition coefficient (Wildman–Crippen LogP) is 2.78. The largest absolute Gasteiger partial charge is 0.484 e. The van der Waals surface area contributed by atoms with Crippen molar-refractivity contribution in [3.8, 4) is 5.75 Å². The van der Waals surface area contributed by atoms with E-state index in [2.05, 4.69) is 20.9 Å². The summed E-state index contributed by atoms with van der Waals surface area (Å²) < 4.78 is 18.9. The first kappa shape index (κ1) is 21.6. The molecule has 160 valence electrons. The van der Waals surface area contributed by atoms with Gasteiger partial charge in [-0.05, 0) is 61.6 Å². The van der Waals surface area contributed by atoms with Crippen LogP contribution in [0.2, 0.25) is 0 Å². The molecule has 6 nitrogen and oxygen atoms in total. The van der Waals surface area contributed by atoms with E-state index in [1.54, 1.807) is 12.1 Å². The van der Waals surface area contributed by atoms with Gasteiger partial charge in [0, 0.05) is 19.1 Å². The molecule has 2 aromatic rings. The fourth-order valence-corrected chi connectivity index (χ4v) is 2.91. The van der Waals surface area contributed by atoms with Crippen molar-refractivity contribution in [2.75, 3.05) is 19.7 Å². The number of ether oxygens (including phenoxy) is 1. The Labute approximate surface area is 176 Å². The lowest BCUT2D eigenvalue weighted by atomic mass is 10.1. The fraction of sp³-hybridized carbons (Fsp3) is 0.391. The van der Waals surface area contributed by atoms with E-state index < -0.39 is 0 Å². The van der Waals surface area contributed by atoms with Crippen LogP contribution in [-0.4, -0.2) is 37.6 Å². The van der Waals surface area contributed by atoms with Crippen molar-refractivity contribution in [2.24, 2.45) is 4.99 Å². The number of hydrogen-bond acceptors (Lipinski definition) is 3. The second-order valence-electron chi connectivity index (χ2n) is 7.28. The summed E-state index contributed by atoms with van der Waals surface area (Å²) in [6.45, 7) is 3.89. The quantitative estimate of drug-likeness (QED) is 0.414. The van der Waals surface area contributed by atoms with Gasteiger partial charge in [0.05, 0.1) is 6.54 Å². The molecule has 0 radical (unpaired) electrons. The standard InChI is InChI=1S/C23H29FN4O2/c1-2-25-23(26-12-11-17-5-3-7-19(24)13-17)27-15-18-6-4-8-21(14-18)30-16-22(29)28-20-9-10-20/h3-8,13-14,20H,2,9-12,15-16H2,1H3,(H,28,29)(H2,25,26,27). The molecule has 0 aliphatic heterocycles. The highest BCUT2D eigenvalue weighted by molar-refractivity contribution is 5.79. The number of aliphatic imine (C=N–C) groups is 1. The van der Waals surface area contributed by atoms with Gasteiger partial charge in [0.2, 0.25) is 0 Å². The summed E-state index contributed by atoms with van der Waals surface area (Å²) in [5.41, 5.74) is 1.92. The molecule has 1 fully saturated rings. The highest BCUT2D eigenvalue weighted by Crippen LogP contribution is 2.18. The minimum atomic E-state index is -0.222. The van der Waals surface area contributed by atoms with Crippen LogP contribution in [0.3, 0.4) is 0 Å². The second-order valence-corrected chi connectivity index (χ2v) is 7.28. The van der Waals surface area contributed by atoms with Crippen molar-refractivity contribution >= 4 is 11.9 Å². The number of halogens is 1. The maximum absolute atomic E-state index is 13.3. The Morgan fingerprint density at radius 1 is 1.13 bits per heavy atom. The third-order valence-corrected chi connectivity index (χ3v) is 4.57. The van der Waals surface area contributed by atoms with Crippen LogP contribution < -0.4 is 20.7 Å². The second kappa shape index (κ2) is 11.2. The van der Waals surface area contributed by atoms with E-state index in [1.165, 1.54) is 6.07 Å². The molecule has 3 N–H and O–H groups in total. The van der Waals surface area contributed by atoms with Crippen molar-refractivity contribution in [3.63, 3.8) is 0 Å². The lowest BCUT2D eigenvalue weighted by Crippen LogP contribution is -2.38. The van der Waals surface area contributed by atoms with Crippen molar-refractivity contribution < 1.29 is 13.9 Å². The van der Waals surface area contributed by atoms with Crippen molar-refractivity contribution in [3.05, 3.63) is 65.5 Å². The molecule has 3 rings (SSSR count). The van der Waals surface area contributed by atoms with Gasteiger partial charge in [-0.3, -0.25) is 4.79 Å². The Morgan fingerprint density at radius 3 is 2.70 bits per heavy atom. The topological polar surface area (TPSA) is 74.8 Å². The summed E-state index contributed by atoms with van der Waals surface area (Å²) >= 11 is 0. The Morgan fingerprint density at radius 2 is 1.93 bits per heavy atom. The van der Waals surface area contributed by atoms with E-state index in [0.717, 1.165) is 30.5 Å². The summed E-state index contributed by atoms with van der Waals surface area (Å²) in [5.74, 6) is 1.04. The summed E-state index contributed by atoms with van der Waals surface area (Å²) in [7, 11) is 0. The van der Waals surface area contributed by atoms with Crippen molar-refractivity contribution in [1.29, 1.82) is 0 Å². The van der Waals surface area contributed by atoms with E-state index in [1.807, 2.05) is 37.3 Å². The van der Waals surface area contributed by atoms with Gasteiger partial charge in [0.1, 0.15) is 11.6 Å². The van der Waals surface area contributed by atoms with Gasteiger partial charge in [0.15, 0.2) is 12.6 Å². The van der Waals surface area contributed by atoms with Crippen LogP contribution in [0.25, 0.3) is 0 Å². The summed E-state index contributed by atoms with van der Waals surface area (Å²) in [6, 6.07) is 14.5. The SMILES string of the molecule is CCNC(=NCc1cccc(OCC(=O)NC2CC2)c1)NCCc1cccc(F)c1. The normalized spacial score (nSPS) is 13.6. The molecule has 0 spiro atoms. The molecule has 0 heterocycles. The lowest BCUT2D eigenvalue weighted by Gasteiger charge is -2.12. The molecule has 2 aromatic carbocycles. The number of benzene rings is 2. The molecule has 30 heavy (non-hydrogen) atoms. The van der Waals surface area contributed by atoms with E-state index in [-0.39, 0.29) is 18.3 Å². The van der Waals surface area contributed by atoms with Crippen LogP contribution in [0.4, 0.5) is 4.39 Å². The smallest absolute Gasteiger partial charge is 0.258 e. The number of nitrogens with zero attached hydrogens (tertiary/aromatic N) is 1.